The van der Waals surface area contributed by atoms with Crippen LogP contribution in [0.4, 0.5) is 8.78 Å². The van der Waals surface area contributed by atoms with Crippen molar-refractivity contribution in [2.45, 2.75) is 25.8 Å². The monoisotopic (exact) mass is 270 g/mol. The highest BCUT2D eigenvalue weighted by molar-refractivity contribution is 8.13. The first-order valence-electron chi connectivity index (χ1n) is 6.02. The summed E-state index contributed by atoms with van der Waals surface area (Å²) in [5.41, 5.74) is 0.644. The van der Waals surface area contributed by atoms with E-state index in [1.54, 1.807) is 11.8 Å². The van der Waals surface area contributed by atoms with E-state index >= 15 is 0 Å². The quantitative estimate of drug-likeness (QED) is 0.913. The molecule has 1 unspecified atom stereocenters. The summed E-state index contributed by atoms with van der Waals surface area (Å²) in [6.45, 7) is 2.67. The fourth-order valence-electron chi connectivity index (χ4n) is 1.79. The zero-order chi connectivity index (χ0) is 13.0. The normalized spacial score (nSPS) is 21.9. The molecule has 0 aliphatic carbocycles. The first-order valence-corrected chi connectivity index (χ1v) is 7.01. The highest BCUT2D eigenvalue weighted by Crippen LogP contribution is 2.14. The number of hydrogen-bond donors (Lipinski definition) is 1. The van der Waals surface area contributed by atoms with Crippen LogP contribution in [0.3, 0.4) is 0 Å². The summed E-state index contributed by atoms with van der Waals surface area (Å²) in [7, 11) is 0. The second-order valence-corrected chi connectivity index (χ2v) is 5.48. The van der Waals surface area contributed by atoms with E-state index in [1.807, 2.05) is 0 Å². The topological polar surface area (TPSA) is 24.4 Å². The molecule has 0 aromatic heterocycles. The number of thioether (sulfide) groups is 1. The molecule has 2 nitrogen and oxygen atoms in total. The maximum atomic E-state index is 13.0. The summed E-state index contributed by atoms with van der Waals surface area (Å²) < 4.78 is 25.9. The Bertz CT molecular complexity index is 428. The molecule has 1 aromatic carbocycles. The number of rotatable bonds is 3. The van der Waals surface area contributed by atoms with Gasteiger partial charge in [-0.2, -0.15) is 0 Å². The van der Waals surface area contributed by atoms with Crippen molar-refractivity contribution in [3.05, 3.63) is 35.4 Å². The van der Waals surface area contributed by atoms with Gasteiger partial charge in [0, 0.05) is 24.4 Å². The molecule has 1 fully saturated rings. The molecule has 1 heterocycles. The van der Waals surface area contributed by atoms with Crippen LogP contribution in [0.5, 0.6) is 0 Å². The number of nitrogens with one attached hydrogen (secondary N) is 1. The van der Waals surface area contributed by atoms with E-state index in [9.17, 15) is 8.78 Å². The van der Waals surface area contributed by atoms with Crippen molar-refractivity contribution in [3.8, 4) is 0 Å². The Hall–Kier alpha value is -1.10. The van der Waals surface area contributed by atoms with Gasteiger partial charge in [0.1, 0.15) is 11.6 Å². The fraction of sp³-hybridized carbons (Fsp3) is 0.462. The van der Waals surface area contributed by atoms with E-state index in [-0.39, 0.29) is 0 Å². The lowest BCUT2D eigenvalue weighted by Gasteiger charge is -2.21. The first kappa shape index (κ1) is 13.3. The van der Waals surface area contributed by atoms with E-state index in [2.05, 4.69) is 17.2 Å². The van der Waals surface area contributed by atoms with E-state index in [4.69, 9.17) is 0 Å². The zero-order valence-electron chi connectivity index (χ0n) is 10.2. The molecule has 0 amide bonds. The van der Waals surface area contributed by atoms with Crippen LogP contribution in [-0.2, 0) is 6.42 Å². The van der Waals surface area contributed by atoms with Crippen molar-refractivity contribution in [2.24, 2.45) is 4.99 Å². The van der Waals surface area contributed by atoms with Gasteiger partial charge >= 0.3 is 0 Å². The highest BCUT2D eigenvalue weighted by Gasteiger charge is 2.12. The van der Waals surface area contributed by atoms with Crippen LogP contribution in [-0.4, -0.2) is 23.5 Å². The molecule has 0 bridgehead atoms. The van der Waals surface area contributed by atoms with Gasteiger partial charge in [0.15, 0.2) is 5.17 Å². The lowest BCUT2D eigenvalue weighted by Crippen LogP contribution is -2.35. The molecule has 0 spiro atoms. The second kappa shape index (κ2) is 6.18. The molecular formula is C13H16F2N2S. The third kappa shape index (κ3) is 3.98. The Labute approximate surface area is 110 Å². The smallest absolute Gasteiger partial charge is 0.156 e. The van der Waals surface area contributed by atoms with Crippen LogP contribution in [0.25, 0.3) is 0 Å². The molecule has 2 rings (SSSR count). The summed E-state index contributed by atoms with van der Waals surface area (Å²) in [6, 6.07) is 4.05. The van der Waals surface area contributed by atoms with Crippen LogP contribution in [0.2, 0.25) is 0 Å². The number of amidine groups is 1. The van der Waals surface area contributed by atoms with E-state index in [0.717, 1.165) is 23.4 Å². The lowest BCUT2D eigenvalue weighted by atomic mass is 10.1. The maximum absolute atomic E-state index is 13.0. The molecule has 1 saturated heterocycles. The Kier molecular flexibility index (Phi) is 4.58. The standard InChI is InChI=1S/C13H16F2N2S/c1-9-3-5-18-13(17-9)16-4-2-10-6-11(14)8-12(15)7-10/h6-9H,2-5H2,1H3,(H,16,17). The maximum Gasteiger partial charge on any atom is 0.156 e. The molecule has 1 N–H and O–H groups in total. The van der Waals surface area contributed by atoms with E-state index in [0.29, 0.717) is 24.6 Å². The van der Waals surface area contributed by atoms with E-state index in [1.165, 1.54) is 12.1 Å². The summed E-state index contributed by atoms with van der Waals surface area (Å²) in [5.74, 6) is 0.00888. The predicted octanol–water partition coefficient (Wildman–Crippen LogP) is 2.98. The van der Waals surface area contributed by atoms with Crippen LogP contribution in [0.15, 0.2) is 23.2 Å². The van der Waals surface area contributed by atoms with Gasteiger partial charge in [-0.15, -0.1) is 0 Å². The van der Waals surface area contributed by atoms with Gasteiger partial charge in [-0.3, -0.25) is 4.99 Å². The molecule has 18 heavy (non-hydrogen) atoms. The van der Waals surface area contributed by atoms with E-state index < -0.39 is 11.6 Å². The Morgan fingerprint density at radius 3 is 2.72 bits per heavy atom. The van der Waals surface area contributed by atoms with Gasteiger partial charge in [0.2, 0.25) is 0 Å². The van der Waals surface area contributed by atoms with Crippen molar-refractivity contribution in [3.63, 3.8) is 0 Å². The van der Waals surface area contributed by atoms with Crippen molar-refractivity contribution in [1.29, 1.82) is 0 Å². The second-order valence-electron chi connectivity index (χ2n) is 4.40. The van der Waals surface area contributed by atoms with Crippen LogP contribution < -0.4 is 5.32 Å². The molecule has 5 heteroatoms. The molecule has 0 saturated carbocycles. The highest BCUT2D eigenvalue weighted by atomic mass is 32.2. The summed E-state index contributed by atoms with van der Waals surface area (Å²) in [6.07, 6.45) is 1.69. The predicted molar refractivity (Wildman–Crippen MR) is 72.0 cm³/mol. The van der Waals surface area contributed by atoms with Gasteiger partial charge < -0.3 is 5.32 Å². The van der Waals surface area contributed by atoms with Gasteiger partial charge in [-0.05, 0) is 37.5 Å². The van der Waals surface area contributed by atoms with Crippen LogP contribution in [0.1, 0.15) is 18.9 Å². The first-order chi connectivity index (χ1) is 8.63. The average Bonchev–Trinajstić information content (AvgIpc) is 2.27. The minimum absolute atomic E-state index is 0.455. The van der Waals surface area contributed by atoms with Crippen molar-refractivity contribution < 1.29 is 8.78 Å². The Morgan fingerprint density at radius 1 is 1.33 bits per heavy atom. The third-order valence-corrected chi connectivity index (χ3v) is 3.70. The largest absolute Gasteiger partial charge is 0.362 e. The number of aliphatic imine (C=N–C) groups is 1. The Balaban J connectivity index is 1.89. The number of nitrogens with zero attached hydrogens (tertiary/aromatic N) is 1. The average molecular weight is 270 g/mol. The number of halogens is 2. The third-order valence-electron chi connectivity index (χ3n) is 2.74. The number of hydrogen-bond acceptors (Lipinski definition) is 2. The van der Waals surface area contributed by atoms with Gasteiger partial charge in [-0.25, -0.2) is 8.78 Å². The van der Waals surface area contributed by atoms with Gasteiger partial charge in [-0.1, -0.05) is 11.8 Å². The lowest BCUT2D eigenvalue weighted by molar-refractivity contribution is 0.579. The van der Waals surface area contributed by atoms with Crippen molar-refractivity contribution in [1.82, 2.24) is 5.32 Å². The van der Waals surface area contributed by atoms with Crippen molar-refractivity contribution in [2.75, 3.05) is 12.3 Å². The number of benzene rings is 1. The minimum atomic E-state index is -0.531. The molecule has 1 aliphatic rings. The van der Waals surface area contributed by atoms with Crippen LogP contribution in [0, 0.1) is 11.6 Å². The summed E-state index contributed by atoms with van der Waals surface area (Å²) in [4.78, 5) is 4.41. The molecular weight excluding hydrogens is 254 g/mol. The molecule has 1 atom stereocenters. The van der Waals surface area contributed by atoms with Gasteiger partial charge in [0.05, 0.1) is 0 Å². The van der Waals surface area contributed by atoms with Gasteiger partial charge in [0.25, 0.3) is 0 Å². The molecule has 98 valence electrons. The molecule has 0 radical (unpaired) electrons. The minimum Gasteiger partial charge on any atom is -0.362 e. The molecule has 1 aliphatic heterocycles. The fourth-order valence-corrected chi connectivity index (χ4v) is 2.92. The SMILES string of the molecule is CC1CCSC(=NCCc2cc(F)cc(F)c2)N1. The summed E-state index contributed by atoms with van der Waals surface area (Å²) in [5, 5.41) is 4.23. The Morgan fingerprint density at radius 2 is 2.06 bits per heavy atom. The van der Waals surface area contributed by atoms with Crippen molar-refractivity contribution >= 4 is 16.9 Å². The summed E-state index contributed by atoms with van der Waals surface area (Å²) >= 11 is 1.70. The molecule has 1 aromatic rings. The van der Waals surface area contributed by atoms with Crippen LogP contribution >= 0.6 is 11.8 Å². The zero-order valence-corrected chi connectivity index (χ0v) is 11.1.